The molecule has 1 heterocycles. The maximum absolute atomic E-state index is 5.87. The van der Waals surface area contributed by atoms with Gasteiger partial charge < -0.3 is 0 Å². The Morgan fingerprint density at radius 3 is 2.58 bits per heavy atom. The summed E-state index contributed by atoms with van der Waals surface area (Å²) < 4.78 is 1.65. The van der Waals surface area contributed by atoms with Gasteiger partial charge in [0, 0.05) is 18.7 Å². The average Bonchev–Trinajstić information content (AvgIpc) is 2.25. The molecule has 0 N–H and O–H groups in total. The smallest absolute Gasteiger partial charge is 0.170 e. The molecule has 6 heteroatoms. The molecular formula is C6H7Cl3N2S. The first kappa shape index (κ1) is 10.5. The van der Waals surface area contributed by atoms with Gasteiger partial charge in [0.25, 0.3) is 0 Å². The molecule has 0 atom stereocenters. The number of aromatic nitrogens is 2. The minimum Gasteiger partial charge on any atom is -0.259 e. The molecule has 0 spiro atoms. The highest BCUT2D eigenvalue weighted by Gasteiger charge is 2.11. The molecule has 0 aliphatic carbocycles. The van der Waals surface area contributed by atoms with Gasteiger partial charge in [-0.25, -0.2) is 0 Å². The third kappa shape index (κ3) is 2.22. The molecule has 1 aromatic rings. The largest absolute Gasteiger partial charge is 0.259 e. The van der Waals surface area contributed by atoms with E-state index in [1.807, 2.05) is 0 Å². The molecule has 0 aromatic carbocycles. The first-order chi connectivity index (χ1) is 5.66. The molecule has 12 heavy (non-hydrogen) atoms. The van der Waals surface area contributed by atoms with Crippen LogP contribution in [0.3, 0.4) is 0 Å². The van der Waals surface area contributed by atoms with Crippen LogP contribution >= 0.6 is 46.6 Å². The average molecular weight is 246 g/mol. The molecule has 0 radical (unpaired) electrons. The highest BCUT2D eigenvalue weighted by Crippen LogP contribution is 2.32. The van der Waals surface area contributed by atoms with Gasteiger partial charge in [-0.05, 0) is 0 Å². The van der Waals surface area contributed by atoms with Crippen molar-refractivity contribution in [3.8, 4) is 0 Å². The van der Waals surface area contributed by atoms with E-state index in [0.717, 1.165) is 10.8 Å². The van der Waals surface area contributed by atoms with Crippen molar-refractivity contribution in [1.29, 1.82) is 0 Å². The highest BCUT2D eigenvalue weighted by molar-refractivity contribution is 7.99. The summed E-state index contributed by atoms with van der Waals surface area (Å²) in [6.07, 6.45) is 0. The Bertz CT molecular complexity index is 274. The van der Waals surface area contributed by atoms with Crippen molar-refractivity contribution in [2.75, 3.05) is 11.6 Å². The molecule has 0 bridgehead atoms. The van der Waals surface area contributed by atoms with Crippen molar-refractivity contribution in [2.24, 2.45) is 7.05 Å². The zero-order valence-electron chi connectivity index (χ0n) is 6.35. The van der Waals surface area contributed by atoms with E-state index in [9.17, 15) is 0 Å². The van der Waals surface area contributed by atoms with Crippen molar-refractivity contribution < 1.29 is 0 Å². The minimum absolute atomic E-state index is 0.344. The van der Waals surface area contributed by atoms with Crippen LogP contribution in [0.25, 0.3) is 0 Å². The standard InChI is InChI=1S/C6H7Cl3N2S/c1-11-6(12-3-2-7)4(8)5(9)10-11/h2-3H2,1H3. The van der Waals surface area contributed by atoms with Gasteiger partial charge in [-0.2, -0.15) is 5.10 Å². The Labute approximate surface area is 90.2 Å². The molecule has 0 unspecified atom stereocenters. The fourth-order valence-corrected chi connectivity index (χ4v) is 2.28. The third-order valence-electron chi connectivity index (χ3n) is 1.22. The molecule has 0 aliphatic heterocycles. The van der Waals surface area contributed by atoms with Crippen LogP contribution < -0.4 is 0 Å². The lowest BCUT2D eigenvalue weighted by Crippen LogP contribution is -1.93. The van der Waals surface area contributed by atoms with Crippen molar-refractivity contribution in [2.45, 2.75) is 5.03 Å². The number of hydrogen-bond donors (Lipinski definition) is 0. The summed E-state index contributed by atoms with van der Waals surface area (Å²) in [5.41, 5.74) is 0. The summed E-state index contributed by atoms with van der Waals surface area (Å²) >= 11 is 18.7. The summed E-state index contributed by atoms with van der Waals surface area (Å²) in [6, 6.07) is 0. The Hall–Kier alpha value is 0.430. The van der Waals surface area contributed by atoms with Crippen LogP contribution in [0.1, 0.15) is 0 Å². The Morgan fingerprint density at radius 1 is 1.50 bits per heavy atom. The molecule has 0 aliphatic rings. The summed E-state index contributed by atoms with van der Waals surface area (Å²) in [6.45, 7) is 0. The van der Waals surface area contributed by atoms with Crippen molar-refractivity contribution >= 4 is 46.6 Å². The molecule has 2 nitrogen and oxygen atoms in total. The molecule has 0 amide bonds. The van der Waals surface area contributed by atoms with Gasteiger partial charge in [0.15, 0.2) is 5.15 Å². The maximum atomic E-state index is 5.87. The van der Waals surface area contributed by atoms with E-state index in [4.69, 9.17) is 34.8 Å². The Kier molecular flexibility index (Phi) is 4.03. The summed E-state index contributed by atoms with van der Waals surface area (Å²) in [4.78, 5) is 0. The van der Waals surface area contributed by atoms with E-state index >= 15 is 0 Å². The fourth-order valence-electron chi connectivity index (χ4n) is 0.743. The predicted octanol–water partition coefficient (Wildman–Crippen LogP) is 3.06. The summed E-state index contributed by atoms with van der Waals surface area (Å²) in [5, 5.41) is 5.67. The molecular weight excluding hydrogens is 239 g/mol. The molecule has 0 saturated heterocycles. The molecule has 1 aromatic heterocycles. The summed E-state index contributed by atoms with van der Waals surface area (Å²) in [7, 11) is 1.80. The van der Waals surface area contributed by atoms with Crippen molar-refractivity contribution in [3.63, 3.8) is 0 Å². The van der Waals surface area contributed by atoms with Crippen LogP contribution in [0.2, 0.25) is 10.2 Å². The van der Waals surface area contributed by atoms with Crippen molar-refractivity contribution in [1.82, 2.24) is 9.78 Å². The van der Waals surface area contributed by atoms with Gasteiger partial charge in [0.2, 0.25) is 0 Å². The lowest BCUT2D eigenvalue weighted by molar-refractivity contribution is 0.699. The lowest BCUT2D eigenvalue weighted by Gasteiger charge is -1.98. The highest BCUT2D eigenvalue weighted by atomic mass is 35.5. The number of halogens is 3. The van der Waals surface area contributed by atoms with Gasteiger partial charge >= 0.3 is 0 Å². The SMILES string of the molecule is Cn1nc(Cl)c(Cl)c1SCCCl. The third-order valence-corrected chi connectivity index (χ3v) is 3.61. The van der Waals surface area contributed by atoms with E-state index in [0.29, 0.717) is 16.1 Å². The normalized spacial score (nSPS) is 10.7. The number of rotatable bonds is 3. The van der Waals surface area contributed by atoms with Gasteiger partial charge in [0.1, 0.15) is 10.0 Å². The van der Waals surface area contributed by atoms with Crippen LogP contribution in [0.5, 0.6) is 0 Å². The first-order valence-corrected chi connectivity index (χ1v) is 5.51. The molecule has 1 rings (SSSR count). The van der Waals surface area contributed by atoms with E-state index in [-0.39, 0.29) is 0 Å². The topological polar surface area (TPSA) is 17.8 Å². The zero-order valence-corrected chi connectivity index (χ0v) is 9.44. The fraction of sp³-hybridized carbons (Fsp3) is 0.500. The number of alkyl halides is 1. The van der Waals surface area contributed by atoms with Gasteiger partial charge in [-0.1, -0.05) is 23.2 Å². The second-order valence-corrected chi connectivity index (χ2v) is 4.27. The lowest BCUT2D eigenvalue weighted by atomic mass is 10.7. The van der Waals surface area contributed by atoms with E-state index in [1.54, 1.807) is 23.5 Å². The quantitative estimate of drug-likeness (QED) is 0.602. The van der Waals surface area contributed by atoms with E-state index in [2.05, 4.69) is 5.10 Å². The number of thioether (sulfide) groups is 1. The van der Waals surface area contributed by atoms with Crippen LogP contribution in [0.4, 0.5) is 0 Å². The number of aryl methyl sites for hydroxylation is 1. The predicted molar refractivity (Wildman–Crippen MR) is 54.7 cm³/mol. The first-order valence-electron chi connectivity index (χ1n) is 3.23. The van der Waals surface area contributed by atoms with Gasteiger partial charge in [-0.15, -0.1) is 23.4 Å². The minimum atomic E-state index is 0.344. The Morgan fingerprint density at radius 2 is 2.17 bits per heavy atom. The monoisotopic (exact) mass is 244 g/mol. The van der Waals surface area contributed by atoms with Gasteiger partial charge in [-0.3, -0.25) is 4.68 Å². The Balaban J connectivity index is 2.82. The molecule has 0 saturated carbocycles. The second kappa shape index (κ2) is 4.61. The van der Waals surface area contributed by atoms with E-state index in [1.165, 1.54) is 0 Å². The molecule has 68 valence electrons. The molecule has 0 fully saturated rings. The van der Waals surface area contributed by atoms with Gasteiger partial charge in [0.05, 0.1) is 0 Å². The van der Waals surface area contributed by atoms with Crippen molar-refractivity contribution in [3.05, 3.63) is 10.2 Å². The second-order valence-electron chi connectivity index (χ2n) is 2.07. The summed E-state index contributed by atoms with van der Waals surface area (Å²) in [5.74, 6) is 1.39. The maximum Gasteiger partial charge on any atom is 0.170 e. The van der Waals surface area contributed by atoms with E-state index < -0.39 is 0 Å². The number of nitrogens with zero attached hydrogens (tertiary/aromatic N) is 2. The van der Waals surface area contributed by atoms with Crippen LogP contribution in [0, 0.1) is 0 Å². The number of hydrogen-bond acceptors (Lipinski definition) is 2. The van der Waals surface area contributed by atoms with Crippen LogP contribution in [-0.4, -0.2) is 21.4 Å². The zero-order chi connectivity index (χ0) is 9.14. The van der Waals surface area contributed by atoms with Crippen LogP contribution in [0.15, 0.2) is 5.03 Å². The van der Waals surface area contributed by atoms with Crippen LogP contribution in [-0.2, 0) is 7.05 Å².